The molecule has 8 heteroatoms. The molecule has 0 amide bonds. The Morgan fingerprint density at radius 3 is 2.67 bits per heavy atom. The fourth-order valence-electron chi connectivity index (χ4n) is 3.59. The molecule has 0 aliphatic carbocycles. The Morgan fingerprint density at radius 1 is 1.20 bits per heavy atom. The van der Waals surface area contributed by atoms with E-state index in [1.807, 2.05) is 23.1 Å². The summed E-state index contributed by atoms with van der Waals surface area (Å²) < 4.78 is 5.34. The molecule has 2 aliphatic rings. The zero-order valence-corrected chi connectivity index (χ0v) is 17.0. The summed E-state index contributed by atoms with van der Waals surface area (Å²) in [6, 6.07) is 5.79. The van der Waals surface area contributed by atoms with E-state index in [9.17, 15) is 5.11 Å². The van der Waals surface area contributed by atoms with E-state index in [1.165, 1.54) is 0 Å². The summed E-state index contributed by atoms with van der Waals surface area (Å²) in [5.41, 5.74) is 4.59. The van der Waals surface area contributed by atoms with Crippen molar-refractivity contribution in [1.29, 1.82) is 0 Å². The molecular weight excluding hydrogens is 382 g/mol. The van der Waals surface area contributed by atoms with Gasteiger partial charge in [-0.1, -0.05) is 36.0 Å². The number of nitrogens with zero attached hydrogens (tertiary/aromatic N) is 5. The highest BCUT2D eigenvalue weighted by atomic mass is 16.6. The van der Waals surface area contributed by atoms with Crippen LogP contribution >= 0.6 is 0 Å². The van der Waals surface area contributed by atoms with Gasteiger partial charge in [0.25, 0.3) is 0 Å². The number of hydrogen-bond acceptors (Lipinski definition) is 8. The SMILES string of the molecule is C=Cc1c(CO)cccc1-c1cnc(N2CC(=NOCCN3CCOCC3)C2)nc1. The van der Waals surface area contributed by atoms with Crippen LogP contribution in [0.25, 0.3) is 17.2 Å². The largest absolute Gasteiger partial charge is 0.394 e. The van der Waals surface area contributed by atoms with Crippen LogP contribution in [0.4, 0.5) is 5.95 Å². The predicted molar refractivity (Wildman–Crippen MR) is 116 cm³/mol. The lowest BCUT2D eigenvalue weighted by atomic mass is 9.97. The van der Waals surface area contributed by atoms with E-state index in [1.54, 1.807) is 18.5 Å². The number of hydrogen-bond donors (Lipinski definition) is 1. The number of benzene rings is 1. The Balaban J connectivity index is 1.29. The molecule has 2 aliphatic heterocycles. The maximum absolute atomic E-state index is 9.53. The summed E-state index contributed by atoms with van der Waals surface area (Å²) in [5, 5.41) is 13.8. The van der Waals surface area contributed by atoms with Gasteiger partial charge in [-0.15, -0.1) is 0 Å². The second kappa shape index (κ2) is 9.80. The van der Waals surface area contributed by atoms with Crippen molar-refractivity contribution in [3.63, 3.8) is 0 Å². The molecular formula is C22H27N5O3. The Kier molecular flexibility index (Phi) is 6.68. The Morgan fingerprint density at radius 2 is 1.97 bits per heavy atom. The quantitative estimate of drug-likeness (QED) is 0.526. The molecule has 0 atom stereocenters. The summed E-state index contributed by atoms with van der Waals surface area (Å²) >= 11 is 0. The molecule has 0 bridgehead atoms. The van der Waals surface area contributed by atoms with E-state index in [0.717, 1.165) is 60.8 Å². The minimum absolute atomic E-state index is 0.0292. The maximum atomic E-state index is 9.53. The summed E-state index contributed by atoms with van der Waals surface area (Å²) in [5.74, 6) is 0.671. The number of aromatic nitrogens is 2. The molecule has 1 N–H and O–H groups in total. The lowest BCUT2D eigenvalue weighted by molar-refractivity contribution is 0.0210. The molecule has 0 unspecified atom stereocenters. The predicted octanol–water partition coefficient (Wildman–Crippen LogP) is 1.80. The molecule has 1 aromatic carbocycles. The third-order valence-electron chi connectivity index (χ3n) is 5.35. The Bertz CT molecular complexity index is 886. The number of oxime groups is 1. The van der Waals surface area contributed by atoms with Crippen LogP contribution in [0, 0.1) is 0 Å². The molecule has 158 valence electrons. The molecule has 3 heterocycles. The molecule has 2 fully saturated rings. The maximum Gasteiger partial charge on any atom is 0.225 e. The normalized spacial score (nSPS) is 16.8. The van der Waals surface area contributed by atoms with Crippen LogP contribution in [0.2, 0.25) is 0 Å². The van der Waals surface area contributed by atoms with Crippen molar-refractivity contribution in [3.05, 3.63) is 48.3 Å². The van der Waals surface area contributed by atoms with E-state index in [0.29, 0.717) is 25.6 Å². The Hall–Kier alpha value is -2.81. The van der Waals surface area contributed by atoms with Gasteiger partial charge in [0.15, 0.2) is 0 Å². The lowest BCUT2D eigenvalue weighted by Crippen LogP contribution is -2.48. The zero-order valence-electron chi connectivity index (χ0n) is 17.0. The van der Waals surface area contributed by atoms with Crippen LogP contribution in [-0.4, -0.2) is 78.2 Å². The first-order valence-electron chi connectivity index (χ1n) is 10.2. The summed E-state index contributed by atoms with van der Waals surface area (Å²) in [6.45, 7) is 10.2. The van der Waals surface area contributed by atoms with E-state index in [-0.39, 0.29) is 6.61 Å². The van der Waals surface area contributed by atoms with Crippen LogP contribution in [0.15, 0.2) is 42.3 Å². The van der Waals surface area contributed by atoms with Crippen LogP contribution in [0.5, 0.6) is 0 Å². The van der Waals surface area contributed by atoms with Crippen molar-refractivity contribution in [3.8, 4) is 11.1 Å². The van der Waals surface area contributed by atoms with Gasteiger partial charge in [-0.3, -0.25) is 4.90 Å². The standard InChI is InChI=1S/C22H27N5O3/c1-2-20-17(16-28)4-3-5-21(20)18-12-23-22(24-13-18)27-14-19(15-27)25-30-11-8-26-6-9-29-10-7-26/h2-5,12-13,28H,1,6-11,14-16H2. The smallest absolute Gasteiger partial charge is 0.225 e. The van der Waals surface area contributed by atoms with Gasteiger partial charge < -0.3 is 19.6 Å². The van der Waals surface area contributed by atoms with Crippen molar-refractivity contribution in [1.82, 2.24) is 14.9 Å². The summed E-state index contributed by atoms with van der Waals surface area (Å²) in [4.78, 5) is 18.8. The molecule has 1 aromatic heterocycles. The van der Waals surface area contributed by atoms with E-state index in [4.69, 9.17) is 9.57 Å². The molecule has 2 aromatic rings. The average molecular weight is 409 g/mol. The minimum Gasteiger partial charge on any atom is -0.394 e. The first kappa shape index (κ1) is 20.5. The molecule has 0 saturated carbocycles. The molecule has 0 radical (unpaired) electrons. The van der Waals surface area contributed by atoms with Gasteiger partial charge >= 0.3 is 0 Å². The number of morpholine rings is 1. The molecule has 2 saturated heterocycles. The van der Waals surface area contributed by atoms with Gasteiger partial charge in [0.2, 0.25) is 5.95 Å². The lowest BCUT2D eigenvalue weighted by Gasteiger charge is -2.32. The first-order chi connectivity index (χ1) is 14.8. The highest BCUT2D eigenvalue weighted by Crippen LogP contribution is 2.27. The van der Waals surface area contributed by atoms with Gasteiger partial charge in [-0.2, -0.15) is 0 Å². The fraction of sp³-hybridized carbons (Fsp3) is 0.409. The number of aliphatic hydroxyl groups excluding tert-OH is 1. The van der Waals surface area contributed by atoms with Gasteiger partial charge in [-0.05, 0) is 16.7 Å². The van der Waals surface area contributed by atoms with Crippen molar-refractivity contribution < 1.29 is 14.7 Å². The third kappa shape index (κ3) is 4.67. The van der Waals surface area contributed by atoms with Crippen LogP contribution in [-0.2, 0) is 16.2 Å². The first-order valence-corrected chi connectivity index (χ1v) is 10.2. The van der Waals surface area contributed by atoms with Gasteiger partial charge in [0.05, 0.1) is 38.6 Å². The molecule has 8 nitrogen and oxygen atoms in total. The topological polar surface area (TPSA) is 83.3 Å². The van der Waals surface area contributed by atoms with Crippen LogP contribution < -0.4 is 4.90 Å². The molecule has 30 heavy (non-hydrogen) atoms. The fourth-order valence-corrected chi connectivity index (χ4v) is 3.59. The number of rotatable bonds is 8. The van der Waals surface area contributed by atoms with Crippen LogP contribution in [0.3, 0.4) is 0 Å². The average Bonchev–Trinajstić information content (AvgIpc) is 2.78. The highest BCUT2D eigenvalue weighted by Gasteiger charge is 2.25. The number of aliphatic hydroxyl groups is 1. The van der Waals surface area contributed by atoms with E-state index in [2.05, 4.69) is 26.6 Å². The minimum atomic E-state index is -0.0292. The zero-order chi connectivity index (χ0) is 20.8. The molecule has 0 spiro atoms. The van der Waals surface area contributed by atoms with Gasteiger partial charge in [-0.25, -0.2) is 9.97 Å². The van der Waals surface area contributed by atoms with E-state index < -0.39 is 0 Å². The number of ether oxygens (including phenoxy) is 1. The van der Waals surface area contributed by atoms with Crippen molar-refractivity contribution in [2.75, 3.05) is 57.4 Å². The second-order valence-electron chi connectivity index (χ2n) is 7.31. The van der Waals surface area contributed by atoms with Crippen molar-refractivity contribution >= 4 is 17.7 Å². The van der Waals surface area contributed by atoms with Crippen molar-refractivity contribution in [2.24, 2.45) is 5.16 Å². The van der Waals surface area contributed by atoms with Crippen molar-refractivity contribution in [2.45, 2.75) is 6.61 Å². The third-order valence-corrected chi connectivity index (χ3v) is 5.35. The summed E-state index contributed by atoms with van der Waals surface area (Å²) in [7, 11) is 0. The van der Waals surface area contributed by atoms with Gasteiger partial charge in [0, 0.05) is 37.6 Å². The van der Waals surface area contributed by atoms with Gasteiger partial charge in [0.1, 0.15) is 6.61 Å². The number of anilines is 1. The van der Waals surface area contributed by atoms with Crippen LogP contribution in [0.1, 0.15) is 11.1 Å². The Labute approximate surface area is 176 Å². The second-order valence-corrected chi connectivity index (χ2v) is 7.31. The summed E-state index contributed by atoms with van der Waals surface area (Å²) in [6.07, 6.45) is 5.37. The van der Waals surface area contributed by atoms with E-state index >= 15 is 0 Å². The highest BCUT2D eigenvalue weighted by molar-refractivity contribution is 5.98. The molecule has 4 rings (SSSR count). The monoisotopic (exact) mass is 409 g/mol.